The highest BCUT2D eigenvalue weighted by Crippen LogP contribution is 2.31. The lowest BCUT2D eigenvalue weighted by atomic mass is 10.2. The van der Waals surface area contributed by atoms with Crippen molar-refractivity contribution < 1.29 is 18.7 Å². The molecule has 0 amide bonds. The molecule has 0 saturated heterocycles. The molecule has 0 aliphatic heterocycles. The standard InChI is InChI=1S/C12H8FNO3/c1-14-8(12(15)16)5-10-11(14)7-4-6(13)2-3-9(7)17-10/h2-5H,1H3,(H,15,16). The van der Waals surface area contributed by atoms with Crippen LogP contribution >= 0.6 is 0 Å². The number of benzene rings is 1. The molecule has 4 nitrogen and oxygen atoms in total. The Balaban J connectivity index is 2.48. The van der Waals surface area contributed by atoms with Gasteiger partial charge in [0.1, 0.15) is 17.1 Å². The Morgan fingerprint density at radius 3 is 2.82 bits per heavy atom. The summed E-state index contributed by atoms with van der Waals surface area (Å²) < 4.78 is 20.1. The predicted molar refractivity (Wildman–Crippen MR) is 59.6 cm³/mol. The molecule has 0 radical (unpaired) electrons. The normalized spacial score (nSPS) is 11.4. The molecule has 3 aromatic rings. The summed E-state index contributed by atoms with van der Waals surface area (Å²) in [7, 11) is 1.62. The van der Waals surface area contributed by atoms with Crippen LogP contribution in [0.4, 0.5) is 4.39 Å². The van der Waals surface area contributed by atoms with Crippen molar-refractivity contribution in [3.63, 3.8) is 0 Å². The maximum absolute atomic E-state index is 13.2. The van der Waals surface area contributed by atoms with Crippen LogP contribution in [0, 0.1) is 5.82 Å². The summed E-state index contributed by atoms with van der Waals surface area (Å²) in [6, 6.07) is 5.62. The van der Waals surface area contributed by atoms with Gasteiger partial charge in [-0.2, -0.15) is 0 Å². The first-order chi connectivity index (χ1) is 8.08. The van der Waals surface area contributed by atoms with Crippen LogP contribution in [0.5, 0.6) is 0 Å². The van der Waals surface area contributed by atoms with Gasteiger partial charge in [0.05, 0.1) is 5.52 Å². The van der Waals surface area contributed by atoms with Gasteiger partial charge in [-0.1, -0.05) is 0 Å². The van der Waals surface area contributed by atoms with Crippen LogP contribution in [0.15, 0.2) is 28.7 Å². The lowest BCUT2D eigenvalue weighted by Crippen LogP contribution is -2.03. The minimum atomic E-state index is -1.04. The van der Waals surface area contributed by atoms with Crippen molar-refractivity contribution in [2.75, 3.05) is 0 Å². The highest BCUT2D eigenvalue weighted by molar-refractivity contribution is 6.06. The number of aryl methyl sites for hydroxylation is 1. The summed E-state index contributed by atoms with van der Waals surface area (Å²) >= 11 is 0. The number of carbonyl (C=O) groups is 1. The summed E-state index contributed by atoms with van der Waals surface area (Å²) in [5, 5.41) is 9.55. The maximum atomic E-state index is 13.2. The predicted octanol–water partition coefficient (Wildman–Crippen LogP) is 2.76. The average molecular weight is 233 g/mol. The molecule has 0 aliphatic carbocycles. The molecule has 0 spiro atoms. The van der Waals surface area contributed by atoms with E-state index in [1.54, 1.807) is 7.05 Å². The first-order valence-electron chi connectivity index (χ1n) is 4.98. The molecule has 1 aromatic carbocycles. The van der Waals surface area contributed by atoms with E-state index >= 15 is 0 Å². The van der Waals surface area contributed by atoms with E-state index in [2.05, 4.69) is 0 Å². The summed E-state index contributed by atoms with van der Waals surface area (Å²) in [6.45, 7) is 0. The molecule has 0 atom stereocenters. The topological polar surface area (TPSA) is 55.4 Å². The van der Waals surface area contributed by atoms with Crippen molar-refractivity contribution in [1.82, 2.24) is 4.57 Å². The van der Waals surface area contributed by atoms with Crippen LogP contribution in [-0.2, 0) is 7.05 Å². The SMILES string of the molecule is Cn1c(C(=O)O)cc2oc3ccc(F)cc3c21. The van der Waals surface area contributed by atoms with E-state index in [1.807, 2.05) is 0 Å². The number of aromatic nitrogens is 1. The molecule has 0 fully saturated rings. The third-order valence-corrected chi connectivity index (χ3v) is 2.83. The smallest absolute Gasteiger partial charge is 0.352 e. The van der Waals surface area contributed by atoms with E-state index < -0.39 is 5.97 Å². The fourth-order valence-electron chi connectivity index (χ4n) is 2.07. The number of nitrogens with zero attached hydrogens (tertiary/aromatic N) is 1. The van der Waals surface area contributed by atoms with Crippen LogP contribution in [0.3, 0.4) is 0 Å². The number of carboxylic acid groups (broad SMARTS) is 1. The van der Waals surface area contributed by atoms with Crippen molar-refractivity contribution in [3.8, 4) is 0 Å². The summed E-state index contributed by atoms with van der Waals surface area (Å²) in [4.78, 5) is 11.0. The van der Waals surface area contributed by atoms with E-state index in [9.17, 15) is 9.18 Å². The van der Waals surface area contributed by atoms with Crippen molar-refractivity contribution in [2.45, 2.75) is 0 Å². The fourth-order valence-corrected chi connectivity index (χ4v) is 2.07. The minimum absolute atomic E-state index is 0.116. The molecule has 2 heterocycles. The quantitative estimate of drug-likeness (QED) is 0.703. The van der Waals surface area contributed by atoms with Gasteiger partial charge in [0.2, 0.25) is 0 Å². The lowest BCUT2D eigenvalue weighted by molar-refractivity contribution is 0.0687. The largest absolute Gasteiger partial charge is 0.477 e. The van der Waals surface area contributed by atoms with E-state index in [1.165, 1.54) is 28.8 Å². The molecule has 0 aliphatic rings. The third-order valence-electron chi connectivity index (χ3n) is 2.83. The molecular formula is C12H8FNO3. The van der Waals surface area contributed by atoms with Gasteiger partial charge in [0, 0.05) is 18.5 Å². The van der Waals surface area contributed by atoms with Crippen LogP contribution in [0.1, 0.15) is 10.5 Å². The van der Waals surface area contributed by atoms with Gasteiger partial charge in [-0.25, -0.2) is 9.18 Å². The van der Waals surface area contributed by atoms with Crippen molar-refractivity contribution in [2.24, 2.45) is 7.05 Å². The molecule has 3 rings (SSSR count). The van der Waals surface area contributed by atoms with Gasteiger partial charge >= 0.3 is 5.97 Å². The zero-order valence-corrected chi connectivity index (χ0v) is 8.90. The minimum Gasteiger partial charge on any atom is -0.477 e. The summed E-state index contributed by atoms with van der Waals surface area (Å²) in [5.74, 6) is -1.42. The number of fused-ring (bicyclic) bond motifs is 3. The molecule has 0 bridgehead atoms. The van der Waals surface area contributed by atoms with Gasteiger partial charge < -0.3 is 14.1 Å². The van der Waals surface area contributed by atoms with Crippen molar-refractivity contribution >= 4 is 28.0 Å². The van der Waals surface area contributed by atoms with E-state index in [0.29, 0.717) is 22.1 Å². The molecule has 2 aromatic heterocycles. The van der Waals surface area contributed by atoms with E-state index in [-0.39, 0.29) is 11.5 Å². The number of aromatic carboxylic acids is 1. The monoisotopic (exact) mass is 233 g/mol. The first kappa shape index (κ1) is 9.89. The second-order valence-corrected chi connectivity index (χ2v) is 3.85. The van der Waals surface area contributed by atoms with Gasteiger partial charge in [-0.15, -0.1) is 0 Å². The van der Waals surface area contributed by atoms with Crippen LogP contribution in [0.25, 0.3) is 22.1 Å². The molecule has 86 valence electrons. The summed E-state index contributed by atoms with van der Waals surface area (Å²) in [6.07, 6.45) is 0. The Bertz CT molecular complexity index is 754. The highest BCUT2D eigenvalue weighted by Gasteiger charge is 2.17. The molecular weight excluding hydrogens is 225 g/mol. The maximum Gasteiger partial charge on any atom is 0.352 e. The number of hydrogen-bond acceptors (Lipinski definition) is 2. The Morgan fingerprint density at radius 2 is 2.12 bits per heavy atom. The summed E-state index contributed by atoms with van der Waals surface area (Å²) in [5.41, 5.74) is 1.70. The molecule has 0 saturated carbocycles. The molecule has 1 N–H and O–H groups in total. The Labute approximate surface area is 94.9 Å². The molecule has 0 unspecified atom stereocenters. The van der Waals surface area contributed by atoms with Crippen molar-refractivity contribution in [1.29, 1.82) is 0 Å². The zero-order chi connectivity index (χ0) is 12.2. The van der Waals surface area contributed by atoms with Crippen LogP contribution in [-0.4, -0.2) is 15.6 Å². The van der Waals surface area contributed by atoms with Gasteiger partial charge in [0.15, 0.2) is 5.58 Å². The van der Waals surface area contributed by atoms with E-state index in [0.717, 1.165) is 0 Å². The Hall–Kier alpha value is -2.30. The van der Waals surface area contributed by atoms with E-state index in [4.69, 9.17) is 9.52 Å². The van der Waals surface area contributed by atoms with Gasteiger partial charge in [-0.3, -0.25) is 0 Å². The number of halogens is 1. The number of furan rings is 1. The van der Waals surface area contributed by atoms with Crippen LogP contribution < -0.4 is 0 Å². The van der Waals surface area contributed by atoms with Crippen LogP contribution in [0.2, 0.25) is 0 Å². The second kappa shape index (κ2) is 3.10. The zero-order valence-electron chi connectivity index (χ0n) is 8.90. The number of carboxylic acids is 1. The Kier molecular flexibility index (Phi) is 1.80. The van der Waals surface area contributed by atoms with Crippen molar-refractivity contribution in [3.05, 3.63) is 35.8 Å². The highest BCUT2D eigenvalue weighted by atomic mass is 19.1. The first-order valence-corrected chi connectivity index (χ1v) is 4.98. The number of rotatable bonds is 1. The molecule has 5 heteroatoms. The third kappa shape index (κ3) is 1.25. The second-order valence-electron chi connectivity index (χ2n) is 3.85. The lowest BCUT2D eigenvalue weighted by Gasteiger charge is -1.98. The fraction of sp³-hybridized carbons (Fsp3) is 0.0833. The average Bonchev–Trinajstić information content (AvgIpc) is 2.76. The Morgan fingerprint density at radius 1 is 1.35 bits per heavy atom. The number of hydrogen-bond donors (Lipinski definition) is 1. The van der Waals surface area contributed by atoms with Gasteiger partial charge in [0.25, 0.3) is 0 Å². The van der Waals surface area contributed by atoms with Gasteiger partial charge in [-0.05, 0) is 18.2 Å². The molecule has 17 heavy (non-hydrogen) atoms.